The number of hydrogen-bond donors (Lipinski definition) is 7. The maximum Gasteiger partial charge on any atom is 0.326 e. The number of rotatable bonds is 16. The molecule has 1 rings (SSSR count). The van der Waals surface area contributed by atoms with Gasteiger partial charge < -0.3 is 37.0 Å². The molecule has 3 amide bonds. The molecule has 5 unspecified atom stereocenters. The summed E-state index contributed by atoms with van der Waals surface area (Å²) < 4.78 is 0. The third kappa shape index (κ3) is 11.1. The summed E-state index contributed by atoms with van der Waals surface area (Å²) in [5.74, 6) is -6.93. The first-order valence-electron chi connectivity index (χ1n) is 11.7. The fourth-order valence-corrected chi connectivity index (χ4v) is 3.36. The maximum absolute atomic E-state index is 13.1. The van der Waals surface area contributed by atoms with Crippen LogP contribution in [0.25, 0.3) is 0 Å². The van der Waals surface area contributed by atoms with E-state index < -0.39 is 78.6 Å². The van der Waals surface area contributed by atoms with Crippen molar-refractivity contribution in [3.63, 3.8) is 0 Å². The third-order valence-electron chi connectivity index (χ3n) is 5.70. The molecule has 13 heteroatoms. The Morgan fingerprint density at radius 1 is 0.838 bits per heavy atom. The summed E-state index contributed by atoms with van der Waals surface area (Å²) in [5, 5.41) is 34.6. The van der Waals surface area contributed by atoms with Gasteiger partial charge in [-0.1, -0.05) is 50.6 Å². The summed E-state index contributed by atoms with van der Waals surface area (Å²) in [6, 6.07) is 3.15. The van der Waals surface area contributed by atoms with Gasteiger partial charge >= 0.3 is 17.9 Å². The molecule has 5 atom stereocenters. The molecule has 0 radical (unpaired) electrons. The number of carbonyl (C=O) groups excluding carboxylic acids is 3. The predicted molar refractivity (Wildman–Crippen MR) is 130 cm³/mol. The molecule has 37 heavy (non-hydrogen) atoms. The van der Waals surface area contributed by atoms with Crippen molar-refractivity contribution in [2.45, 2.75) is 70.1 Å². The van der Waals surface area contributed by atoms with Gasteiger partial charge in [0.2, 0.25) is 17.7 Å². The third-order valence-corrected chi connectivity index (χ3v) is 5.70. The molecule has 8 N–H and O–H groups in total. The lowest BCUT2D eigenvalue weighted by molar-refractivity contribution is -0.143. The fraction of sp³-hybridized carbons (Fsp3) is 0.500. The zero-order valence-electron chi connectivity index (χ0n) is 20.7. The largest absolute Gasteiger partial charge is 0.481 e. The molecule has 0 aliphatic heterocycles. The Kier molecular flexibility index (Phi) is 12.7. The summed E-state index contributed by atoms with van der Waals surface area (Å²) in [5.41, 5.74) is 6.18. The average molecular weight is 523 g/mol. The van der Waals surface area contributed by atoms with E-state index in [9.17, 15) is 33.9 Å². The zero-order chi connectivity index (χ0) is 28.1. The van der Waals surface area contributed by atoms with E-state index in [1.807, 2.05) is 0 Å². The second-order valence-corrected chi connectivity index (χ2v) is 8.66. The van der Waals surface area contributed by atoms with Gasteiger partial charge in [-0.15, -0.1) is 0 Å². The van der Waals surface area contributed by atoms with Crippen LogP contribution in [0.3, 0.4) is 0 Å². The molecule has 0 spiro atoms. The van der Waals surface area contributed by atoms with E-state index in [1.165, 1.54) is 0 Å². The van der Waals surface area contributed by atoms with Crippen molar-refractivity contribution in [1.29, 1.82) is 0 Å². The minimum Gasteiger partial charge on any atom is -0.481 e. The quantitative estimate of drug-likeness (QED) is 0.147. The second kappa shape index (κ2) is 15.2. The van der Waals surface area contributed by atoms with Crippen molar-refractivity contribution >= 4 is 35.6 Å². The summed E-state index contributed by atoms with van der Waals surface area (Å²) in [6.45, 7) is 3.42. The van der Waals surface area contributed by atoms with Crippen molar-refractivity contribution in [1.82, 2.24) is 16.0 Å². The minimum absolute atomic E-state index is 0.0244. The van der Waals surface area contributed by atoms with Gasteiger partial charge in [-0.05, 0) is 17.9 Å². The van der Waals surface area contributed by atoms with Gasteiger partial charge in [0.1, 0.15) is 18.1 Å². The van der Waals surface area contributed by atoms with Crippen LogP contribution in [-0.4, -0.2) is 75.1 Å². The van der Waals surface area contributed by atoms with Crippen LogP contribution in [0.15, 0.2) is 30.3 Å². The van der Waals surface area contributed by atoms with E-state index in [0.29, 0.717) is 12.0 Å². The first-order chi connectivity index (χ1) is 17.3. The lowest BCUT2D eigenvalue weighted by Crippen LogP contribution is -2.58. The Morgan fingerprint density at radius 2 is 1.41 bits per heavy atom. The van der Waals surface area contributed by atoms with E-state index in [-0.39, 0.29) is 12.8 Å². The van der Waals surface area contributed by atoms with Gasteiger partial charge in [-0.3, -0.25) is 24.0 Å². The zero-order valence-corrected chi connectivity index (χ0v) is 20.7. The van der Waals surface area contributed by atoms with Crippen molar-refractivity contribution in [3.8, 4) is 0 Å². The van der Waals surface area contributed by atoms with Crippen molar-refractivity contribution < 1.29 is 44.1 Å². The number of nitrogens with one attached hydrogen (secondary N) is 3. The molecule has 0 saturated carbocycles. The lowest BCUT2D eigenvalue weighted by Gasteiger charge is -2.26. The van der Waals surface area contributed by atoms with Crippen LogP contribution in [-0.2, 0) is 35.2 Å². The first-order valence-corrected chi connectivity index (χ1v) is 11.7. The number of carboxylic acids is 3. The molecule has 0 aliphatic rings. The van der Waals surface area contributed by atoms with Crippen LogP contribution < -0.4 is 21.7 Å². The second-order valence-electron chi connectivity index (χ2n) is 8.66. The van der Waals surface area contributed by atoms with Crippen molar-refractivity contribution in [2.24, 2.45) is 11.7 Å². The first kappa shape index (κ1) is 31.0. The Morgan fingerprint density at radius 3 is 1.92 bits per heavy atom. The number of nitrogens with two attached hydrogens (primary N) is 1. The molecule has 0 bridgehead atoms. The van der Waals surface area contributed by atoms with Gasteiger partial charge in [0.05, 0.1) is 12.5 Å². The number of hydrogen-bond acceptors (Lipinski definition) is 7. The lowest BCUT2D eigenvalue weighted by atomic mass is 9.98. The smallest absolute Gasteiger partial charge is 0.326 e. The molecule has 0 aromatic heterocycles. The van der Waals surface area contributed by atoms with Crippen LogP contribution >= 0.6 is 0 Å². The molecule has 204 valence electrons. The molecular weight excluding hydrogens is 488 g/mol. The van der Waals surface area contributed by atoms with Crippen molar-refractivity contribution in [2.75, 3.05) is 0 Å². The topological polar surface area (TPSA) is 225 Å². The molecule has 1 aromatic rings. The molecular formula is C24H34N4O9. The minimum atomic E-state index is -1.49. The molecule has 0 saturated heterocycles. The Labute approximate surface area is 213 Å². The highest BCUT2D eigenvalue weighted by Gasteiger charge is 2.32. The van der Waals surface area contributed by atoms with Gasteiger partial charge in [0, 0.05) is 12.8 Å². The number of carbonyl (C=O) groups is 6. The molecule has 0 aliphatic carbocycles. The predicted octanol–water partition coefficient (Wildman–Crippen LogP) is -0.519. The van der Waals surface area contributed by atoms with Crippen LogP contribution in [0.2, 0.25) is 0 Å². The summed E-state index contributed by atoms with van der Waals surface area (Å²) in [6.07, 6.45) is -1.16. The van der Waals surface area contributed by atoms with Crippen LogP contribution in [0.1, 0.15) is 45.1 Å². The highest BCUT2D eigenvalue weighted by Crippen LogP contribution is 2.10. The van der Waals surface area contributed by atoms with Crippen LogP contribution in [0.4, 0.5) is 0 Å². The van der Waals surface area contributed by atoms with Crippen LogP contribution in [0.5, 0.6) is 0 Å². The number of aliphatic carboxylic acids is 3. The van der Waals surface area contributed by atoms with E-state index in [1.54, 1.807) is 44.2 Å². The molecule has 13 nitrogen and oxygen atoms in total. The monoisotopic (exact) mass is 522 g/mol. The Bertz CT molecular complexity index is 970. The van der Waals surface area contributed by atoms with Crippen molar-refractivity contribution in [3.05, 3.63) is 35.9 Å². The SMILES string of the molecule is CCC(C)C(NC(=O)C(Cc1ccccc1)NC(=O)C(CCC(=O)O)NC(=O)C(N)CC(=O)O)C(=O)O. The van der Waals surface area contributed by atoms with Gasteiger partial charge in [-0.25, -0.2) is 4.79 Å². The van der Waals surface area contributed by atoms with Crippen LogP contribution in [0, 0.1) is 5.92 Å². The summed E-state index contributed by atoms with van der Waals surface area (Å²) in [4.78, 5) is 72.1. The number of carboxylic acid groups (broad SMARTS) is 3. The number of amides is 3. The average Bonchev–Trinajstić information content (AvgIpc) is 2.83. The van der Waals surface area contributed by atoms with Gasteiger partial charge in [0.25, 0.3) is 0 Å². The Hall–Kier alpha value is -4.00. The highest BCUT2D eigenvalue weighted by molar-refractivity contribution is 5.95. The molecule has 0 heterocycles. The summed E-state index contributed by atoms with van der Waals surface area (Å²) >= 11 is 0. The normalized spacial score (nSPS) is 14.8. The van der Waals surface area contributed by atoms with E-state index in [2.05, 4.69) is 16.0 Å². The Balaban J connectivity index is 3.17. The summed E-state index contributed by atoms with van der Waals surface area (Å²) in [7, 11) is 0. The van der Waals surface area contributed by atoms with Gasteiger partial charge in [0.15, 0.2) is 0 Å². The van der Waals surface area contributed by atoms with Gasteiger partial charge in [-0.2, -0.15) is 0 Å². The van der Waals surface area contributed by atoms with E-state index >= 15 is 0 Å². The maximum atomic E-state index is 13.1. The van der Waals surface area contributed by atoms with E-state index in [4.69, 9.17) is 15.9 Å². The standard InChI is InChI=1S/C24H34N4O9/c1-3-13(2)20(24(36)37)28-23(35)17(11-14-7-5-4-6-8-14)27-22(34)16(9-10-18(29)30)26-21(33)15(25)12-19(31)32/h4-8,13,15-17,20H,3,9-12,25H2,1-2H3,(H,26,33)(H,27,34)(H,28,35)(H,29,30)(H,31,32)(H,36,37). The molecule has 0 fully saturated rings. The van der Waals surface area contributed by atoms with E-state index in [0.717, 1.165) is 0 Å². The molecule has 1 aromatic carbocycles. The number of benzene rings is 1. The highest BCUT2D eigenvalue weighted by atomic mass is 16.4. The fourth-order valence-electron chi connectivity index (χ4n) is 3.36.